The van der Waals surface area contributed by atoms with E-state index in [1.807, 2.05) is 55.4 Å². The number of amides is 1. The summed E-state index contributed by atoms with van der Waals surface area (Å²) in [4.78, 5) is 61.5. The Kier molecular flexibility index (Phi) is 12.7. The number of non-ortho nitro benzene ring substituents is 1. The van der Waals surface area contributed by atoms with Crippen LogP contribution in [0.15, 0.2) is 83.8 Å². The van der Waals surface area contributed by atoms with Gasteiger partial charge in [-0.1, -0.05) is 35.9 Å². The zero-order valence-corrected chi connectivity index (χ0v) is 26.4. The number of carboxylic acids is 2. The molecule has 15 heteroatoms. The minimum absolute atomic E-state index is 0.0647. The van der Waals surface area contributed by atoms with Gasteiger partial charge in [-0.05, 0) is 50.0 Å². The number of fused-ring (bicyclic) bond motifs is 1. The molecule has 13 nitrogen and oxygen atoms in total. The number of thioether (sulfide) groups is 1. The number of esters is 1. The van der Waals surface area contributed by atoms with Gasteiger partial charge in [0.25, 0.3) is 11.6 Å². The first kappa shape index (κ1) is 35.6. The second-order valence-electron chi connectivity index (χ2n) is 9.83. The highest BCUT2D eigenvalue weighted by Gasteiger charge is 2.41. The van der Waals surface area contributed by atoms with Crippen LogP contribution in [0.25, 0.3) is 0 Å². The van der Waals surface area contributed by atoms with E-state index in [1.54, 1.807) is 24.1 Å². The van der Waals surface area contributed by atoms with Crippen molar-refractivity contribution in [3.05, 3.63) is 105 Å². The number of carbonyl (C=O) groups is 4. The Morgan fingerprint density at radius 2 is 1.67 bits per heavy atom. The van der Waals surface area contributed by atoms with Crippen molar-refractivity contribution < 1.29 is 43.8 Å². The third-order valence-corrected chi connectivity index (χ3v) is 8.08. The van der Waals surface area contributed by atoms with Crippen LogP contribution in [0, 0.1) is 10.1 Å². The molecule has 2 N–H and O–H groups in total. The van der Waals surface area contributed by atoms with Crippen molar-refractivity contribution >= 4 is 58.6 Å². The molecular formula is C31H30ClN3O10S. The lowest BCUT2D eigenvalue weighted by Crippen LogP contribution is -2.45. The minimum atomic E-state index is -1.26. The first-order valence-electron chi connectivity index (χ1n) is 13.5. The molecule has 0 unspecified atom stereocenters. The fraction of sp³-hybridized carbons (Fsp3) is 0.226. The zero-order valence-electron chi connectivity index (χ0n) is 24.9. The summed E-state index contributed by atoms with van der Waals surface area (Å²) in [5.74, 6) is -3.09. The maximum absolute atomic E-state index is 14.1. The van der Waals surface area contributed by atoms with Crippen molar-refractivity contribution in [2.75, 3.05) is 39.2 Å². The highest BCUT2D eigenvalue weighted by Crippen LogP contribution is 2.47. The largest absolute Gasteiger partial charge is 0.497 e. The molecule has 3 aromatic rings. The molecule has 0 radical (unpaired) electrons. The molecule has 1 heterocycles. The molecule has 1 aliphatic heterocycles. The number of aliphatic carboxylic acids is 2. The van der Waals surface area contributed by atoms with Crippen molar-refractivity contribution in [3.8, 4) is 5.75 Å². The van der Waals surface area contributed by atoms with Gasteiger partial charge in [-0.3, -0.25) is 14.9 Å². The van der Waals surface area contributed by atoms with Gasteiger partial charge in [0.1, 0.15) is 5.75 Å². The number of ether oxygens (including phenoxy) is 2. The Morgan fingerprint density at radius 1 is 1.04 bits per heavy atom. The molecule has 0 saturated heterocycles. The summed E-state index contributed by atoms with van der Waals surface area (Å²) in [6.45, 7) is 0.970. The van der Waals surface area contributed by atoms with Gasteiger partial charge in [0.15, 0.2) is 6.10 Å². The summed E-state index contributed by atoms with van der Waals surface area (Å²) < 4.78 is 11.2. The topological polar surface area (TPSA) is 177 Å². The van der Waals surface area contributed by atoms with Crippen LogP contribution in [-0.4, -0.2) is 84.2 Å². The summed E-state index contributed by atoms with van der Waals surface area (Å²) in [5, 5.41) is 26.0. The number of nitro groups is 1. The molecule has 4 rings (SSSR count). The van der Waals surface area contributed by atoms with E-state index in [0.717, 1.165) is 22.2 Å². The Bertz CT molecular complexity index is 1610. The SMILES string of the molecule is COc1ccc([C@@H]2Sc3ccccc3N(CCN(C)C)C(=O)[C@@H]2OC(=O)c2ccc([N+](=O)[O-])cc2Cl)cc1.O=C(O)C=CC(=O)O. The molecule has 0 bridgehead atoms. The van der Waals surface area contributed by atoms with E-state index in [-0.39, 0.29) is 22.2 Å². The summed E-state index contributed by atoms with van der Waals surface area (Å²) in [7, 11) is 5.39. The maximum Gasteiger partial charge on any atom is 0.340 e. The molecule has 46 heavy (non-hydrogen) atoms. The number of para-hydroxylation sites is 1. The normalized spacial score (nSPS) is 15.8. The number of nitro benzene ring substituents is 1. The van der Waals surface area contributed by atoms with Crippen molar-refractivity contribution in [3.63, 3.8) is 0 Å². The molecule has 1 aliphatic rings. The highest BCUT2D eigenvalue weighted by atomic mass is 35.5. The van der Waals surface area contributed by atoms with Crippen LogP contribution < -0.4 is 9.64 Å². The van der Waals surface area contributed by atoms with Crippen molar-refractivity contribution in [2.24, 2.45) is 0 Å². The number of benzene rings is 3. The van der Waals surface area contributed by atoms with E-state index in [2.05, 4.69) is 0 Å². The summed E-state index contributed by atoms with van der Waals surface area (Å²) in [5.41, 5.74) is 1.18. The number of anilines is 1. The van der Waals surface area contributed by atoms with Crippen molar-refractivity contribution in [1.82, 2.24) is 4.90 Å². The van der Waals surface area contributed by atoms with Gasteiger partial charge in [0, 0.05) is 42.3 Å². The number of likely N-dealkylation sites (N-methyl/N-ethyl adjacent to an activating group) is 1. The van der Waals surface area contributed by atoms with E-state index in [9.17, 15) is 29.3 Å². The number of carboxylic acid groups (broad SMARTS) is 2. The minimum Gasteiger partial charge on any atom is -0.497 e. The average Bonchev–Trinajstić information content (AvgIpc) is 3.13. The number of methoxy groups -OCH3 is 1. The van der Waals surface area contributed by atoms with E-state index >= 15 is 0 Å². The Labute approximate surface area is 273 Å². The summed E-state index contributed by atoms with van der Waals surface area (Å²) in [6.07, 6.45) is -0.0910. The maximum atomic E-state index is 14.1. The number of nitrogens with zero attached hydrogens (tertiary/aromatic N) is 3. The Morgan fingerprint density at radius 3 is 2.22 bits per heavy atom. The van der Waals surface area contributed by atoms with Crippen LogP contribution in [0.4, 0.5) is 11.4 Å². The lowest BCUT2D eigenvalue weighted by atomic mass is 10.0. The Balaban J connectivity index is 0.000000637. The smallest absolute Gasteiger partial charge is 0.340 e. The number of carbonyl (C=O) groups excluding carboxylic acids is 2. The molecule has 1 amide bonds. The van der Waals surface area contributed by atoms with Gasteiger partial charge in [-0.15, -0.1) is 11.8 Å². The van der Waals surface area contributed by atoms with Crippen molar-refractivity contribution in [1.29, 1.82) is 0 Å². The third kappa shape index (κ3) is 9.54. The molecule has 0 spiro atoms. The second-order valence-corrected chi connectivity index (χ2v) is 11.4. The third-order valence-electron chi connectivity index (χ3n) is 6.40. The van der Waals surface area contributed by atoms with Crippen LogP contribution in [-0.2, 0) is 19.1 Å². The fourth-order valence-electron chi connectivity index (χ4n) is 4.16. The molecule has 0 fully saturated rings. The first-order valence-corrected chi connectivity index (χ1v) is 14.7. The fourth-order valence-corrected chi connectivity index (χ4v) is 5.73. The van der Waals surface area contributed by atoms with Crippen LogP contribution in [0.1, 0.15) is 21.2 Å². The molecule has 0 saturated carbocycles. The van der Waals surface area contributed by atoms with Crippen LogP contribution in [0.3, 0.4) is 0 Å². The van der Waals surface area contributed by atoms with E-state index in [4.69, 9.17) is 31.3 Å². The lowest BCUT2D eigenvalue weighted by molar-refractivity contribution is -0.384. The number of hydrogen-bond acceptors (Lipinski definition) is 10. The predicted molar refractivity (Wildman–Crippen MR) is 171 cm³/mol. The van der Waals surface area contributed by atoms with Crippen LogP contribution in [0.2, 0.25) is 5.02 Å². The summed E-state index contributed by atoms with van der Waals surface area (Å²) in [6, 6.07) is 18.3. The van der Waals surface area contributed by atoms with Gasteiger partial charge < -0.3 is 29.5 Å². The van der Waals surface area contributed by atoms with E-state index in [1.165, 1.54) is 23.9 Å². The van der Waals surface area contributed by atoms with Crippen molar-refractivity contribution in [2.45, 2.75) is 16.2 Å². The molecule has 3 aromatic carbocycles. The van der Waals surface area contributed by atoms with Crippen LogP contribution >= 0.6 is 23.4 Å². The molecule has 242 valence electrons. The second kappa shape index (κ2) is 16.4. The van der Waals surface area contributed by atoms with Crippen LogP contribution in [0.5, 0.6) is 5.75 Å². The number of halogens is 1. The van der Waals surface area contributed by atoms with Gasteiger partial charge >= 0.3 is 17.9 Å². The average molecular weight is 672 g/mol. The molecule has 2 atom stereocenters. The van der Waals surface area contributed by atoms with Gasteiger partial charge in [-0.25, -0.2) is 14.4 Å². The molecule has 0 aliphatic carbocycles. The Hall–Kier alpha value is -4.92. The zero-order chi connectivity index (χ0) is 34.0. The van der Waals surface area contributed by atoms with Gasteiger partial charge in [-0.2, -0.15) is 0 Å². The van der Waals surface area contributed by atoms with E-state index in [0.29, 0.717) is 31.0 Å². The predicted octanol–water partition coefficient (Wildman–Crippen LogP) is 4.94. The summed E-state index contributed by atoms with van der Waals surface area (Å²) >= 11 is 7.63. The monoisotopic (exact) mass is 671 g/mol. The number of hydrogen-bond donors (Lipinski definition) is 2. The molecular weight excluding hydrogens is 642 g/mol. The van der Waals surface area contributed by atoms with E-state index < -0.39 is 34.2 Å². The lowest BCUT2D eigenvalue weighted by Gasteiger charge is -2.28. The highest BCUT2D eigenvalue weighted by molar-refractivity contribution is 7.99. The standard InChI is InChI=1S/C27H26ClN3O6S.C4H4O4/c1-29(2)14-15-30-22-6-4-5-7-23(22)38-25(17-8-11-19(36-3)12-9-17)24(26(30)32)37-27(33)20-13-10-18(31(34)35)16-21(20)28;5-3(6)1-2-4(7)8/h4-13,16,24-25H,14-15H2,1-3H3;1-2H,(H,5,6)(H,7,8)/t24-,25+;/m1./s1. The quantitative estimate of drug-likeness (QED) is 0.129. The molecule has 0 aromatic heterocycles. The first-order chi connectivity index (χ1) is 21.8. The van der Waals surface area contributed by atoms with Gasteiger partial charge in [0.05, 0.1) is 33.6 Å². The number of rotatable bonds is 10. The van der Waals surface area contributed by atoms with Gasteiger partial charge in [0.2, 0.25) is 0 Å².